The summed E-state index contributed by atoms with van der Waals surface area (Å²) in [4.78, 5) is 30.7. The van der Waals surface area contributed by atoms with Crippen LogP contribution in [0.4, 0.5) is 0 Å². The Morgan fingerprint density at radius 3 is 1.84 bits per heavy atom. The lowest BCUT2D eigenvalue weighted by atomic mass is 9.93. The van der Waals surface area contributed by atoms with Gasteiger partial charge in [-0.25, -0.2) is 9.59 Å². The third kappa shape index (κ3) is 6.73. The molecule has 1 rings (SSSR count). The summed E-state index contributed by atoms with van der Waals surface area (Å²) in [5.41, 5.74) is 2.73. The fourth-order valence-corrected chi connectivity index (χ4v) is 1.56. The molecule has 3 atom stereocenters. The smallest absolute Gasteiger partial charge is 0.339 e. The van der Waals surface area contributed by atoms with Crippen LogP contribution in [0.25, 0.3) is 0 Å². The molecule has 0 spiro atoms. The van der Waals surface area contributed by atoms with Gasteiger partial charge in [0.2, 0.25) is 5.60 Å². The van der Waals surface area contributed by atoms with E-state index in [4.69, 9.17) is 36.4 Å². The number of carboxylic acids is 3. The summed E-state index contributed by atoms with van der Waals surface area (Å²) in [5.74, 6) is -5.68. The Bertz CT molecular complexity index is 602. The van der Waals surface area contributed by atoms with Crippen LogP contribution in [-0.2, 0) is 14.4 Å². The Morgan fingerprint density at radius 2 is 1.52 bits per heavy atom. The summed E-state index contributed by atoms with van der Waals surface area (Å²) >= 11 is 0. The van der Waals surface area contributed by atoms with Gasteiger partial charge in [0.15, 0.2) is 6.10 Å². The first-order valence-electron chi connectivity index (χ1n) is 6.71. The van der Waals surface area contributed by atoms with Gasteiger partial charge in [-0.15, -0.1) is 0 Å². The summed E-state index contributed by atoms with van der Waals surface area (Å²) < 4.78 is 0. The second kappa shape index (κ2) is 9.54. The predicted octanol–water partition coefficient (Wildman–Crippen LogP) is -1.89. The second-order valence-corrected chi connectivity index (χ2v) is 4.88. The third-order valence-electron chi connectivity index (χ3n) is 2.98. The van der Waals surface area contributed by atoms with Gasteiger partial charge in [-0.1, -0.05) is 12.1 Å². The van der Waals surface area contributed by atoms with Gasteiger partial charge in [0.25, 0.3) is 0 Å². The number of aliphatic carboxylic acids is 3. The molecule has 0 saturated carbocycles. The number of hydrogen-bond acceptors (Lipinski definition) is 8. The lowest BCUT2D eigenvalue weighted by Crippen LogP contribution is -2.54. The Hall–Kier alpha value is -2.73. The molecule has 0 bridgehead atoms. The SMILES string of the molecule is NCC(O)c1ccc(O)cc1.O=C(O)CC(O)(C(=O)O)C(O)C(=O)O. The number of benzene rings is 1. The van der Waals surface area contributed by atoms with E-state index in [-0.39, 0.29) is 12.3 Å². The largest absolute Gasteiger partial charge is 0.508 e. The average molecular weight is 361 g/mol. The number of hydrogen-bond donors (Lipinski definition) is 8. The van der Waals surface area contributed by atoms with Crippen LogP contribution in [0.5, 0.6) is 5.75 Å². The molecular formula is C14H19NO10. The van der Waals surface area contributed by atoms with Crippen LogP contribution in [0.15, 0.2) is 24.3 Å². The minimum atomic E-state index is -3.22. The van der Waals surface area contributed by atoms with Crippen molar-refractivity contribution in [1.82, 2.24) is 0 Å². The third-order valence-corrected chi connectivity index (χ3v) is 2.98. The zero-order valence-corrected chi connectivity index (χ0v) is 12.8. The van der Waals surface area contributed by atoms with Gasteiger partial charge in [-0.3, -0.25) is 4.79 Å². The number of phenols is 1. The van der Waals surface area contributed by atoms with Crippen LogP contribution in [0.3, 0.4) is 0 Å². The van der Waals surface area contributed by atoms with Gasteiger partial charge >= 0.3 is 17.9 Å². The van der Waals surface area contributed by atoms with E-state index in [0.717, 1.165) is 5.56 Å². The van der Waals surface area contributed by atoms with Crippen molar-refractivity contribution in [3.8, 4) is 5.75 Å². The maximum atomic E-state index is 10.4. The Balaban J connectivity index is 0.000000472. The minimum Gasteiger partial charge on any atom is -0.508 e. The highest BCUT2D eigenvalue weighted by Crippen LogP contribution is 2.17. The van der Waals surface area contributed by atoms with Crippen molar-refractivity contribution in [1.29, 1.82) is 0 Å². The van der Waals surface area contributed by atoms with Gasteiger partial charge in [0.05, 0.1) is 12.5 Å². The van der Waals surface area contributed by atoms with Crippen LogP contribution < -0.4 is 5.73 Å². The highest BCUT2D eigenvalue weighted by atomic mass is 16.4. The van der Waals surface area contributed by atoms with Crippen molar-refractivity contribution in [2.75, 3.05) is 6.54 Å². The molecule has 3 unspecified atom stereocenters. The number of aliphatic hydroxyl groups excluding tert-OH is 2. The number of aliphatic hydroxyl groups is 3. The molecule has 0 aromatic heterocycles. The van der Waals surface area contributed by atoms with E-state index in [9.17, 15) is 19.5 Å². The molecular weight excluding hydrogens is 342 g/mol. The minimum absolute atomic E-state index is 0.193. The molecule has 0 aliphatic carbocycles. The first kappa shape index (κ1) is 22.3. The number of aromatic hydroxyl groups is 1. The van der Waals surface area contributed by atoms with Crippen LogP contribution in [0.2, 0.25) is 0 Å². The van der Waals surface area contributed by atoms with Crippen molar-refractivity contribution in [2.45, 2.75) is 24.2 Å². The number of rotatable bonds is 7. The highest BCUT2D eigenvalue weighted by Gasteiger charge is 2.49. The molecule has 0 aliphatic rings. The van der Waals surface area contributed by atoms with Crippen molar-refractivity contribution >= 4 is 17.9 Å². The van der Waals surface area contributed by atoms with E-state index in [0.29, 0.717) is 0 Å². The normalized spacial score (nSPS) is 15.0. The van der Waals surface area contributed by atoms with Crippen molar-refractivity contribution in [3.05, 3.63) is 29.8 Å². The monoisotopic (exact) mass is 361 g/mol. The summed E-state index contributed by atoms with van der Waals surface area (Å²) in [6, 6.07) is 6.34. The van der Waals surface area contributed by atoms with Crippen LogP contribution >= 0.6 is 0 Å². The average Bonchev–Trinajstić information content (AvgIpc) is 2.53. The van der Waals surface area contributed by atoms with Gasteiger partial charge < -0.3 is 41.5 Å². The van der Waals surface area contributed by atoms with Gasteiger partial charge in [-0.2, -0.15) is 0 Å². The van der Waals surface area contributed by atoms with Crippen LogP contribution in [0.1, 0.15) is 18.1 Å². The molecule has 140 valence electrons. The summed E-state index contributed by atoms with van der Waals surface area (Å²) in [6.07, 6.45) is -4.73. The number of phenolic OH excluding ortho intramolecular Hbond substituents is 1. The fourth-order valence-electron chi connectivity index (χ4n) is 1.56. The van der Waals surface area contributed by atoms with Crippen molar-refractivity contribution < 1.29 is 50.1 Å². The maximum absolute atomic E-state index is 10.4. The molecule has 0 aliphatic heterocycles. The van der Waals surface area contributed by atoms with E-state index in [1.807, 2.05) is 0 Å². The first-order valence-corrected chi connectivity index (χ1v) is 6.71. The lowest BCUT2D eigenvalue weighted by Gasteiger charge is -2.23. The van der Waals surface area contributed by atoms with Gasteiger partial charge in [0, 0.05) is 6.54 Å². The quantitative estimate of drug-likeness (QED) is 0.268. The van der Waals surface area contributed by atoms with Gasteiger partial charge in [-0.05, 0) is 17.7 Å². The first-order chi connectivity index (χ1) is 11.5. The molecule has 11 heteroatoms. The molecule has 0 amide bonds. The molecule has 11 nitrogen and oxygen atoms in total. The Labute approximate surface area is 141 Å². The molecule has 0 radical (unpaired) electrons. The topological polar surface area (TPSA) is 219 Å². The van der Waals surface area contributed by atoms with Crippen LogP contribution in [-0.4, -0.2) is 71.9 Å². The molecule has 0 heterocycles. The highest BCUT2D eigenvalue weighted by molar-refractivity contribution is 5.90. The lowest BCUT2D eigenvalue weighted by molar-refractivity contribution is -0.187. The summed E-state index contributed by atoms with van der Waals surface area (Å²) in [6.45, 7) is 0.199. The fraction of sp³-hybridized carbons (Fsp3) is 0.357. The van der Waals surface area contributed by atoms with E-state index >= 15 is 0 Å². The second-order valence-electron chi connectivity index (χ2n) is 4.88. The zero-order valence-electron chi connectivity index (χ0n) is 12.8. The van der Waals surface area contributed by atoms with Gasteiger partial charge in [0.1, 0.15) is 5.75 Å². The summed E-state index contributed by atoms with van der Waals surface area (Å²) in [7, 11) is 0. The number of carboxylic acid groups (broad SMARTS) is 3. The Morgan fingerprint density at radius 1 is 1.04 bits per heavy atom. The zero-order chi connectivity index (χ0) is 19.8. The van der Waals surface area contributed by atoms with E-state index in [1.165, 1.54) is 12.1 Å². The van der Waals surface area contributed by atoms with Crippen LogP contribution in [0, 0.1) is 0 Å². The molecule has 9 N–H and O–H groups in total. The predicted molar refractivity (Wildman–Crippen MR) is 80.6 cm³/mol. The summed E-state index contributed by atoms with van der Waals surface area (Å²) in [5, 5.41) is 60.7. The molecule has 0 fully saturated rings. The molecule has 0 saturated heterocycles. The molecule has 1 aromatic carbocycles. The molecule has 1 aromatic rings. The standard InChI is InChI=1S/C8H11NO2.C6H8O8/c9-5-8(11)6-1-3-7(10)4-2-6;7-2(8)1-6(14,5(12)13)3(9)4(10)11/h1-4,8,10-11H,5,9H2;3,9,14H,1H2,(H,7,8)(H,10,11)(H,12,13). The van der Waals surface area contributed by atoms with Crippen molar-refractivity contribution in [2.24, 2.45) is 5.73 Å². The van der Waals surface area contributed by atoms with E-state index in [1.54, 1.807) is 12.1 Å². The van der Waals surface area contributed by atoms with Crippen molar-refractivity contribution in [3.63, 3.8) is 0 Å². The number of carbonyl (C=O) groups is 3. The Kier molecular flexibility index (Phi) is 8.50. The van der Waals surface area contributed by atoms with E-state index in [2.05, 4.69) is 0 Å². The molecule has 25 heavy (non-hydrogen) atoms. The van der Waals surface area contributed by atoms with E-state index < -0.39 is 42.1 Å². The number of nitrogens with two attached hydrogens (primary N) is 1. The maximum Gasteiger partial charge on any atom is 0.339 e.